The molecule has 126 valence electrons. The molecule has 1 saturated heterocycles. The number of halogens is 4. The molecule has 4 nitrogen and oxygen atoms in total. The zero-order valence-electron chi connectivity index (χ0n) is 12.4. The second kappa shape index (κ2) is 6.30. The van der Waals surface area contributed by atoms with Crippen LogP contribution in [-0.4, -0.2) is 30.0 Å². The fourth-order valence-corrected chi connectivity index (χ4v) is 3.18. The Hall–Kier alpha value is -1.31. The second-order valence-electron chi connectivity index (χ2n) is 6.09. The smallest absolute Gasteiger partial charge is 0.354 e. The van der Waals surface area contributed by atoms with Crippen molar-refractivity contribution in [3.8, 4) is 0 Å². The highest BCUT2D eigenvalue weighted by Crippen LogP contribution is 2.37. The number of rotatable bonds is 3. The monoisotopic (exact) mass is 391 g/mol. The summed E-state index contributed by atoms with van der Waals surface area (Å²) in [5.41, 5.74) is -0.749. The van der Waals surface area contributed by atoms with Crippen molar-refractivity contribution in [2.24, 2.45) is 5.92 Å². The normalized spacial score (nSPS) is 22.1. The average molecular weight is 392 g/mol. The van der Waals surface area contributed by atoms with Crippen molar-refractivity contribution in [1.82, 2.24) is 10.3 Å². The van der Waals surface area contributed by atoms with Crippen LogP contribution in [0.25, 0.3) is 0 Å². The van der Waals surface area contributed by atoms with E-state index in [1.54, 1.807) is 4.90 Å². The SMILES string of the molecule is O=C(NC1CCCN(c2ncc(Br)cc2C(F)(F)F)C1)C1CC1. The van der Waals surface area contributed by atoms with Crippen molar-refractivity contribution < 1.29 is 18.0 Å². The van der Waals surface area contributed by atoms with Gasteiger partial charge < -0.3 is 10.2 Å². The highest BCUT2D eigenvalue weighted by molar-refractivity contribution is 9.10. The van der Waals surface area contributed by atoms with E-state index in [0.717, 1.165) is 31.7 Å². The fraction of sp³-hybridized carbons (Fsp3) is 0.600. The largest absolute Gasteiger partial charge is 0.419 e. The summed E-state index contributed by atoms with van der Waals surface area (Å²) in [5.74, 6) is 0.0599. The lowest BCUT2D eigenvalue weighted by atomic mass is 10.0. The molecule has 1 atom stereocenters. The van der Waals surface area contributed by atoms with Gasteiger partial charge in [-0.05, 0) is 47.7 Å². The molecule has 1 unspecified atom stereocenters. The van der Waals surface area contributed by atoms with E-state index < -0.39 is 11.7 Å². The van der Waals surface area contributed by atoms with Crippen molar-refractivity contribution in [1.29, 1.82) is 0 Å². The quantitative estimate of drug-likeness (QED) is 0.858. The Morgan fingerprint density at radius 2 is 2.09 bits per heavy atom. The van der Waals surface area contributed by atoms with Crippen molar-refractivity contribution in [2.75, 3.05) is 18.0 Å². The maximum atomic E-state index is 13.2. The van der Waals surface area contributed by atoms with Gasteiger partial charge in [-0.15, -0.1) is 0 Å². The summed E-state index contributed by atoms with van der Waals surface area (Å²) in [5, 5.41) is 2.95. The summed E-state index contributed by atoms with van der Waals surface area (Å²) in [6, 6.07) is 0.928. The molecule has 2 heterocycles. The van der Waals surface area contributed by atoms with Crippen LogP contribution in [0.5, 0.6) is 0 Å². The van der Waals surface area contributed by atoms with Crippen LogP contribution in [-0.2, 0) is 11.0 Å². The van der Waals surface area contributed by atoms with E-state index in [-0.39, 0.29) is 23.7 Å². The molecule has 3 rings (SSSR count). The summed E-state index contributed by atoms with van der Waals surface area (Å²) in [4.78, 5) is 17.5. The third-order valence-electron chi connectivity index (χ3n) is 4.15. The lowest BCUT2D eigenvalue weighted by Gasteiger charge is -2.35. The number of piperidine rings is 1. The van der Waals surface area contributed by atoms with Gasteiger partial charge >= 0.3 is 6.18 Å². The van der Waals surface area contributed by atoms with E-state index in [0.29, 0.717) is 17.6 Å². The molecule has 1 saturated carbocycles. The first kappa shape index (κ1) is 16.5. The van der Waals surface area contributed by atoms with Crippen molar-refractivity contribution in [3.63, 3.8) is 0 Å². The Balaban J connectivity index is 1.76. The number of anilines is 1. The third kappa shape index (κ3) is 3.97. The molecule has 23 heavy (non-hydrogen) atoms. The third-order valence-corrected chi connectivity index (χ3v) is 4.59. The molecule has 1 N–H and O–H groups in total. The van der Waals surface area contributed by atoms with Gasteiger partial charge in [0.25, 0.3) is 0 Å². The number of carbonyl (C=O) groups excluding carboxylic acids is 1. The molecule has 0 radical (unpaired) electrons. The lowest BCUT2D eigenvalue weighted by molar-refractivity contribution is -0.137. The summed E-state index contributed by atoms with van der Waals surface area (Å²) in [6.07, 6.45) is 0.244. The number of amides is 1. The maximum Gasteiger partial charge on any atom is 0.419 e. The van der Waals surface area contributed by atoms with Crippen molar-refractivity contribution >= 4 is 27.7 Å². The van der Waals surface area contributed by atoms with Crippen LogP contribution in [0.2, 0.25) is 0 Å². The van der Waals surface area contributed by atoms with E-state index in [9.17, 15) is 18.0 Å². The van der Waals surface area contributed by atoms with Crippen LogP contribution < -0.4 is 10.2 Å². The number of carbonyl (C=O) groups is 1. The molecule has 1 aliphatic carbocycles. The molecule has 0 aromatic carbocycles. The number of nitrogens with one attached hydrogen (secondary N) is 1. The van der Waals surface area contributed by atoms with E-state index in [4.69, 9.17) is 0 Å². The standard InChI is InChI=1S/C15H17BrF3N3O/c16-10-6-12(15(17,18)19)13(20-7-10)22-5-1-2-11(8-22)21-14(23)9-3-4-9/h6-7,9,11H,1-5,8H2,(H,21,23). The van der Waals surface area contributed by atoms with E-state index in [2.05, 4.69) is 26.2 Å². The van der Waals surface area contributed by atoms with Gasteiger partial charge in [-0.3, -0.25) is 4.79 Å². The zero-order valence-corrected chi connectivity index (χ0v) is 14.0. The van der Waals surface area contributed by atoms with Gasteiger partial charge in [0, 0.05) is 35.7 Å². The topological polar surface area (TPSA) is 45.2 Å². The minimum Gasteiger partial charge on any atom is -0.354 e. The first-order chi connectivity index (χ1) is 10.8. The summed E-state index contributed by atoms with van der Waals surface area (Å²) in [6.45, 7) is 0.865. The van der Waals surface area contributed by atoms with Gasteiger partial charge in [0.1, 0.15) is 5.82 Å². The Labute approximate surface area is 140 Å². The van der Waals surface area contributed by atoms with Crippen LogP contribution in [0, 0.1) is 5.92 Å². The molecule has 8 heteroatoms. The van der Waals surface area contributed by atoms with Crippen LogP contribution in [0.15, 0.2) is 16.7 Å². The first-order valence-corrected chi connectivity index (χ1v) is 8.42. The van der Waals surface area contributed by atoms with Crippen LogP contribution in [0.3, 0.4) is 0 Å². The van der Waals surface area contributed by atoms with E-state index in [1.807, 2.05) is 0 Å². The van der Waals surface area contributed by atoms with E-state index >= 15 is 0 Å². The van der Waals surface area contributed by atoms with Gasteiger partial charge in [-0.1, -0.05) is 0 Å². The molecule has 1 amide bonds. The number of hydrogen-bond acceptors (Lipinski definition) is 3. The van der Waals surface area contributed by atoms with Crippen LogP contribution in [0.4, 0.5) is 19.0 Å². The predicted octanol–water partition coefficient (Wildman–Crippen LogP) is 3.36. The van der Waals surface area contributed by atoms with Crippen molar-refractivity contribution in [2.45, 2.75) is 37.9 Å². The predicted molar refractivity (Wildman–Crippen MR) is 83.0 cm³/mol. The number of nitrogens with zero attached hydrogens (tertiary/aromatic N) is 2. The number of aromatic nitrogens is 1. The number of pyridine rings is 1. The summed E-state index contributed by atoms with van der Waals surface area (Å²) in [7, 11) is 0. The van der Waals surface area contributed by atoms with Crippen LogP contribution >= 0.6 is 15.9 Å². The Kier molecular flexibility index (Phi) is 4.53. The lowest BCUT2D eigenvalue weighted by Crippen LogP contribution is -2.48. The maximum absolute atomic E-state index is 13.2. The van der Waals surface area contributed by atoms with Gasteiger partial charge in [0.05, 0.1) is 5.56 Å². The minimum absolute atomic E-state index is 0.0247. The van der Waals surface area contributed by atoms with Gasteiger partial charge in [0.15, 0.2) is 0 Å². The Morgan fingerprint density at radius 3 is 2.74 bits per heavy atom. The molecule has 2 aliphatic rings. The van der Waals surface area contributed by atoms with Crippen LogP contribution in [0.1, 0.15) is 31.2 Å². The Morgan fingerprint density at radius 1 is 1.35 bits per heavy atom. The average Bonchev–Trinajstić information content (AvgIpc) is 3.31. The molecule has 1 aromatic rings. The van der Waals surface area contributed by atoms with Gasteiger partial charge in [-0.2, -0.15) is 13.2 Å². The molecule has 1 aliphatic heterocycles. The van der Waals surface area contributed by atoms with Gasteiger partial charge in [-0.25, -0.2) is 4.98 Å². The molecular formula is C15H17BrF3N3O. The molecule has 0 bridgehead atoms. The molecule has 2 fully saturated rings. The Bertz CT molecular complexity index is 604. The highest BCUT2D eigenvalue weighted by atomic mass is 79.9. The molecule has 1 aromatic heterocycles. The van der Waals surface area contributed by atoms with E-state index in [1.165, 1.54) is 6.20 Å². The second-order valence-corrected chi connectivity index (χ2v) is 7.01. The summed E-state index contributed by atoms with van der Waals surface area (Å²) < 4.78 is 40.0. The number of hydrogen-bond donors (Lipinski definition) is 1. The van der Waals surface area contributed by atoms with Gasteiger partial charge in [0.2, 0.25) is 5.91 Å². The minimum atomic E-state index is -4.46. The highest BCUT2D eigenvalue weighted by Gasteiger charge is 2.38. The van der Waals surface area contributed by atoms with Crippen molar-refractivity contribution in [3.05, 3.63) is 22.3 Å². The summed E-state index contributed by atoms with van der Waals surface area (Å²) >= 11 is 3.04. The first-order valence-electron chi connectivity index (χ1n) is 7.62. The molecular weight excluding hydrogens is 375 g/mol. The zero-order chi connectivity index (χ0) is 16.6. The number of alkyl halides is 3. The molecule has 0 spiro atoms. The fourth-order valence-electron chi connectivity index (χ4n) is 2.84.